The summed E-state index contributed by atoms with van der Waals surface area (Å²) in [4.78, 5) is 0. The lowest BCUT2D eigenvalue weighted by molar-refractivity contribution is 0.410. The van der Waals surface area contributed by atoms with Gasteiger partial charge in [-0.1, -0.05) is 48.5 Å². The van der Waals surface area contributed by atoms with Crippen LogP contribution in [-0.2, 0) is 9.09 Å². The Bertz CT molecular complexity index is 547. The Morgan fingerprint density at radius 3 is 1.88 bits per heavy atom. The third-order valence-corrected chi connectivity index (χ3v) is 4.53. The van der Waals surface area contributed by atoms with E-state index in [2.05, 4.69) is 12.1 Å². The molecule has 84 valence electrons. The van der Waals surface area contributed by atoms with Gasteiger partial charge in [-0.15, -0.1) is 4.52 Å². The molecule has 0 saturated carbocycles. The van der Waals surface area contributed by atoms with Gasteiger partial charge in [-0.3, -0.25) is 0 Å². The number of fused-ring (bicyclic) bond motifs is 3. The van der Waals surface area contributed by atoms with Gasteiger partial charge in [-0.2, -0.15) is 0 Å². The molecule has 2 aromatic carbocycles. The van der Waals surface area contributed by atoms with E-state index in [4.69, 9.17) is 4.52 Å². The van der Waals surface area contributed by atoms with Crippen molar-refractivity contribution in [2.24, 2.45) is 0 Å². The normalized spacial score (nSPS) is 14.3. The summed E-state index contributed by atoms with van der Waals surface area (Å²) in [7, 11) is -0.200. The van der Waals surface area contributed by atoms with E-state index < -0.39 is 8.03 Å². The Balaban J connectivity index is 2.27. The highest BCUT2D eigenvalue weighted by Gasteiger charge is 2.42. The van der Waals surface area contributed by atoms with Crippen LogP contribution in [0.3, 0.4) is 0 Å². The van der Waals surface area contributed by atoms with E-state index in [-0.39, 0.29) is 5.66 Å². The fraction of sp³-hybridized carbons (Fsp3) is 0.143. The fourth-order valence-corrected chi connectivity index (χ4v) is 3.58. The molecule has 0 fully saturated rings. The highest BCUT2D eigenvalue weighted by Crippen LogP contribution is 2.55. The van der Waals surface area contributed by atoms with Crippen molar-refractivity contribution >= 4 is 8.03 Å². The molecule has 0 spiro atoms. The molecule has 1 aliphatic carbocycles. The van der Waals surface area contributed by atoms with Crippen molar-refractivity contribution in [3.05, 3.63) is 59.7 Å². The van der Waals surface area contributed by atoms with E-state index in [0.29, 0.717) is 0 Å². The molecule has 0 heterocycles. The summed E-state index contributed by atoms with van der Waals surface area (Å²) >= 11 is 0. The lowest BCUT2D eigenvalue weighted by atomic mass is 10.1. The summed E-state index contributed by atoms with van der Waals surface area (Å²) in [5.74, 6) is 0. The molecule has 0 radical (unpaired) electrons. The standard InChI is InChI=1S/C14H12O2P/c1-16-17(15)14-12-8-4-2-6-10(12)11-7-3-5-9-13(11)14/h2-9,14H,1H3/q+1. The SMILES string of the molecule is CO[P+](=O)C1c2ccccc2-c2ccccc21. The van der Waals surface area contributed by atoms with Crippen LogP contribution in [0.5, 0.6) is 0 Å². The summed E-state index contributed by atoms with van der Waals surface area (Å²) in [6, 6.07) is 16.2. The monoisotopic (exact) mass is 243 g/mol. The number of rotatable bonds is 2. The zero-order chi connectivity index (χ0) is 11.8. The van der Waals surface area contributed by atoms with Crippen LogP contribution in [0.25, 0.3) is 11.1 Å². The molecule has 2 nitrogen and oxygen atoms in total. The van der Waals surface area contributed by atoms with Crippen LogP contribution < -0.4 is 0 Å². The maximum absolute atomic E-state index is 12.1. The van der Waals surface area contributed by atoms with Gasteiger partial charge in [0.25, 0.3) is 0 Å². The molecule has 0 aromatic heterocycles. The minimum absolute atomic E-state index is 0.123. The minimum Gasteiger partial charge on any atom is -0.149 e. The van der Waals surface area contributed by atoms with Crippen LogP contribution in [-0.4, -0.2) is 7.11 Å². The van der Waals surface area contributed by atoms with E-state index in [1.54, 1.807) is 0 Å². The maximum Gasteiger partial charge on any atom is 0.520 e. The Morgan fingerprint density at radius 2 is 1.41 bits per heavy atom. The van der Waals surface area contributed by atoms with Crippen molar-refractivity contribution in [3.63, 3.8) is 0 Å². The summed E-state index contributed by atoms with van der Waals surface area (Å²) in [5, 5.41) is 0. The van der Waals surface area contributed by atoms with Crippen LogP contribution in [0, 0.1) is 0 Å². The van der Waals surface area contributed by atoms with Gasteiger partial charge in [0.05, 0.1) is 7.11 Å². The molecule has 0 aliphatic heterocycles. The van der Waals surface area contributed by atoms with Crippen LogP contribution in [0.15, 0.2) is 48.5 Å². The number of hydrogen-bond acceptors (Lipinski definition) is 2. The van der Waals surface area contributed by atoms with Crippen LogP contribution in [0.2, 0.25) is 0 Å². The predicted molar refractivity (Wildman–Crippen MR) is 68.3 cm³/mol. The fourth-order valence-electron chi connectivity index (χ4n) is 2.46. The molecule has 0 bridgehead atoms. The Morgan fingerprint density at radius 1 is 0.941 bits per heavy atom. The lowest BCUT2D eigenvalue weighted by Gasteiger charge is -1.99. The second-order valence-electron chi connectivity index (χ2n) is 4.04. The Kier molecular flexibility index (Phi) is 2.54. The van der Waals surface area contributed by atoms with Gasteiger partial charge in [0, 0.05) is 11.1 Å². The third-order valence-electron chi connectivity index (χ3n) is 3.19. The largest absolute Gasteiger partial charge is 0.520 e. The van der Waals surface area contributed by atoms with Gasteiger partial charge in [0.1, 0.15) is 0 Å². The maximum atomic E-state index is 12.1. The first-order valence-electron chi connectivity index (χ1n) is 5.51. The molecule has 1 aliphatic rings. The van der Waals surface area contributed by atoms with E-state index in [0.717, 1.165) is 11.1 Å². The second kappa shape index (κ2) is 4.06. The van der Waals surface area contributed by atoms with Gasteiger partial charge in [-0.05, 0) is 15.7 Å². The van der Waals surface area contributed by atoms with Gasteiger partial charge >= 0.3 is 8.03 Å². The van der Waals surface area contributed by atoms with Crippen LogP contribution in [0.1, 0.15) is 16.8 Å². The summed E-state index contributed by atoms with van der Waals surface area (Å²) in [5.41, 5.74) is 4.44. The second-order valence-corrected chi connectivity index (χ2v) is 5.50. The minimum atomic E-state index is -1.70. The molecule has 2 aromatic rings. The molecule has 1 unspecified atom stereocenters. The van der Waals surface area contributed by atoms with Crippen molar-refractivity contribution in [1.29, 1.82) is 0 Å². The molecule has 0 N–H and O–H groups in total. The smallest absolute Gasteiger partial charge is 0.149 e. The summed E-state index contributed by atoms with van der Waals surface area (Å²) in [6.45, 7) is 0. The Labute approximate surface area is 101 Å². The van der Waals surface area contributed by atoms with Crippen molar-refractivity contribution in [2.45, 2.75) is 5.66 Å². The first kappa shape index (κ1) is 10.6. The number of benzene rings is 2. The average Bonchev–Trinajstić information content (AvgIpc) is 2.72. The van der Waals surface area contributed by atoms with Crippen LogP contribution in [0.4, 0.5) is 0 Å². The molecule has 3 rings (SSSR count). The average molecular weight is 243 g/mol. The Hall–Kier alpha value is -1.50. The van der Waals surface area contributed by atoms with Crippen molar-refractivity contribution in [1.82, 2.24) is 0 Å². The first-order chi connectivity index (χ1) is 8.33. The van der Waals surface area contributed by atoms with E-state index >= 15 is 0 Å². The first-order valence-corrected chi connectivity index (χ1v) is 6.76. The summed E-state index contributed by atoms with van der Waals surface area (Å²) in [6.07, 6.45) is 0. The zero-order valence-corrected chi connectivity index (χ0v) is 10.4. The molecule has 3 heteroatoms. The lowest BCUT2D eigenvalue weighted by Crippen LogP contribution is -1.91. The van der Waals surface area contributed by atoms with E-state index in [9.17, 15) is 4.57 Å². The highest BCUT2D eigenvalue weighted by molar-refractivity contribution is 7.40. The van der Waals surface area contributed by atoms with E-state index in [1.807, 2.05) is 36.4 Å². The predicted octanol–water partition coefficient (Wildman–Crippen LogP) is 4.15. The van der Waals surface area contributed by atoms with Crippen molar-refractivity contribution < 1.29 is 9.09 Å². The van der Waals surface area contributed by atoms with Gasteiger partial charge in [-0.25, -0.2) is 0 Å². The molecular weight excluding hydrogens is 231 g/mol. The molecule has 0 saturated heterocycles. The molecular formula is C14H12O2P+. The van der Waals surface area contributed by atoms with Gasteiger partial charge in [0.15, 0.2) is 0 Å². The summed E-state index contributed by atoms with van der Waals surface area (Å²) < 4.78 is 17.1. The number of hydrogen-bond donors (Lipinski definition) is 0. The quantitative estimate of drug-likeness (QED) is 0.741. The van der Waals surface area contributed by atoms with E-state index in [1.165, 1.54) is 18.2 Å². The van der Waals surface area contributed by atoms with Crippen LogP contribution >= 0.6 is 8.03 Å². The topological polar surface area (TPSA) is 26.3 Å². The third kappa shape index (κ3) is 1.53. The van der Waals surface area contributed by atoms with Crippen molar-refractivity contribution in [3.8, 4) is 11.1 Å². The van der Waals surface area contributed by atoms with Gasteiger partial charge < -0.3 is 0 Å². The molecule has 0 amide bonds. The zero-order valence-electron chi connectivity index (χ0n) is 9.46. The van der Waals surface area contributed by atoms with Crippen molar-refractivity contribution in [2.75, 3.05) is 7.11 Å². The molecule has 17 heavy (non-hydrogen) atoms. The highest BCUT2D eigenvalue weighted by atomic mass is 31.1. The van der Waals surface area contributed by atoms with Gasteiger partial charge in [0.2, 0.25) is 5.66 Å². The molecule has 1 atom stereocenters.